The predicted octanol–water partition coefficient (Wildman–Crippen LogP) is 1.40. The van der Waals surface area contributed by atoms with Crippen LogP contribution in [0.2, 0.25) is 0 Å². The molecule has 0 aliphatic heterocycles. The predicted molar refractivity (Wildman–Crippen MR) is 132 cm³/mol. The molecule has 5 N–H and O–H groups in total. The lowest BCUT2D eigenvalue weighted by atomic mass is 9.52. The monoisotopic (exact) mass is 513 g/mol. The number of aliphatic hydroxyl groups is 2. The number of benzene rings is 1. The Morgan fingerprint density at radius 3 is 2.38 bits per heavy atom. The van der Waals surface area contributed by atoms with Gasteiger partial charge in [-0.15, -0.1) is 0 Å². The number of ketones is 4. The molecule has 37 heavy (non-hydrogen) atoms. The third-order valence-corrected chi connectivity index (χ3v) is 8.70. The molecule has 0 aromatic heterocycles. The molecule has 2 fully saturated rings. The molecule has 6 atom stereocenters. The zero-order chi connectivity index (χ0) is 27.6. The molecular weight excluding hydrogens is 478 g/mol. The number of carbonyl (C=O) groups excluding carboxylic acids is 5. The Morgan fingerprint density at radius 2 is 1.78 bits per heavy atom. The lowest BCUT2D eigenvalue weighted by Gasteiger charge is -2.51. The first-order valence-electron chi connectivity index (χ1n) is 12.8. The summed E-state index contributed by atoms with van der Waals surface area (Å²) in [6, 6.07) is 3.47. The van der Waals surface area contributed by atoms with Crippen molar-refractivity contribution in [3.63, 3.8) is 0 Å². The van der Waals surface area contributed by atoms with Gasteiger partial charge in [0.15, 0.2) is 34.7 Å². The number of carbonyl (C=O) groups is 5. The van der Waals surface area contributed by atoms with Crippen LogP contribution in [0.3, 0.4) is 0 Å². The van der Waals surface area contributed by atoms with E-state index in [0.29, 0.717) is 17.0 Å². The maximum absolute atomic E-state index is 13.7. The van der Waals surface area contributed by atoms with Crippen molar-refractivity contribution in [3.05, 3.63) is 28.8 Å². The van der Waals surface area contributed by atoms with Crippen molar-refractivity contribution in [2.75, 3.05) is 0 Å². The van der Waals surface area contributed by atoms with Crippen LogP contribution in [0.5, 0.6) is 5.75 Å². The third-order valence-electron chi connectivity index (χ3n) is 8.70. The van der Waals surface area contributed by atoms with Gasteiger partial charge in [0.1, 0.15) is 5.75 Å². The van der Waals surface area contributed by atoms with E-state index in [9.17, 15) is 39.3 Å². The minimum Gasteiger partial charge on any atom is -0.507 e. The molecule has 1 aromatic carbocycles. The van der Waals surface area contributed by atoms with E-state index >= 15 is 0 Å². The van der Waals surface area contributed by atoms with Crippen LogP contribution in [-0.4, -0.2) is 56.1 Å². The second-order valence-corrected chi connectivity index (χ2v) is 12.0. The van der Waals surface area contributed by atoms with Gasteiger partial charge in [-0.1, -0.05) is 52.7 Å². The Bertz CT molecular complexity index is 1200. The smallest absolute Gasteiger partial charge is 0.235 e. The molecule has 200 valence electrons. The zero-order valence-corrected chi connectivity index (χ0v) is 21.6. The van der Waals surface area contributed by atoms with E-state index in [4.69, 9.17) is 5.73 Å². The van der Waals surface area contributed by atoms with Gasteiger partial charge in [0.2, 0.25) is 5.91 Å². The summed E-state index contributed by atoms with van der Waals surface area (Å²) in [5, 5.41) is 33.7. The molecule has 0 saturated heterocycles. The normalized spacial score (nSPS) is 31.7. The lowest BCUT2D eigenvalue weighted by molar-refractivity contribution is -0.188. The first-order chi connectivity index (χ1) is 17.1. The Labute approximate surface area is 215 Å². The van der Waals surface area contributed by atoms with Crippen LogP contribution < -0.4 is 5.73 Å². The molecule has 4 rings (SSSR count). The molecule has 0 spiro atoms. The number of phenolic OH excluding ortho intramolecular Hbond substituents is 1. The summed E-state index contributed by atoms with van der Waals surface area (Å²) in [6.45, 7) is 8.20. The Balaban J connectivity index is 1.75. The number of primary amides is 1. The highest BCUT2D eigenvalue weighted by molar-refractivity contribution is 6.31. The van der Waals surface area contributed by atoms with Crippen molar-refractivity contribution in [1.82, 2.24) is 0 Å². The fourth-order valence-electron chi connectivity index (χ4n) is 6.59. The second-order valence-electron chi connectivity index (χ2n) is 12.0. The Morgan fingerprint density at radius 1 is 1.14 bits per heavy atom. The summed E-state index contributed by atoms with van der Waals surface area (Å²) < 4.78 is 0. The Kier molecular flexibility index (Phi) is 6.70. The first-order valence-corrected chi connectivity index (χ1v) is 12.8. The zero-order valence-electron chi connectivity index (χ0n) is 21.6. The molecule has 3 aliphatic rings. The van der Waals surface area contributed by atoms with E-state index < -0.39 is 76.3 Å². The van der Waals surface area contributed by atoms with E-state index in [-0.39, 0.29) is 17.7 Å². The number of rotatable bonds is 6. The number of nitrogens with two attached hydrogens (primary N) is 1. The molecule has 0 bridgehead atoms. The molecule has 0 heterocycles. The summed E-state index contributed by atoms with van der Waals surface area (Å²) in [6.07, 6.45) is 0.582. The number of amides is 1. The molecular formula is C28H35NO8. The average Bonchev–Trinajstić information content (AvgIpc) is 2.78. The van der Waals surface area contributed by atoms with Crippen molar-refractivity contribution in [2.45, 2.75) is 76.9 Å². The van der Waals surface area contributed by atoms with Gasteiger partial charge in [0, 0.05) is 23.8 Å². The fraction of sp³-hybridized carbons (Fsp3) is 0.607. The summed E-state index contributed by atoms with van der Waals surface area (Å²) in [4.78, 5) is 64.6. The van der Waals surface area contributed by atoms with Crippen molar-refractivity contribution in [2.24, 2.45) is 35.3 Å². The van der Waals surface area contributed by atoms with Crippen LogP contribution in [0, 0.1) is 29.6 Å². The van der Waals surface area contributed by atoms with Gasteiger partial charge < -0.3 is 21.1 Å². The van der Waals surface area contributed by atoms with Gasteiger partial charge in [-0.25, -0.2) is 0 Å². The summed E-state index contributed by atoms with van der Waals surface area (Å²) in [7, 11) is 0. The topological polar surface area (TPSA) is 172 Å². The van der Waals surface area contributed by atoms with E-state index in [2.05, 4.69) is 13.8 Å². The number of aliphatic hydroxyl groups excluding tert-OH is 1. The van der Waals surface area contributed by atoms with Gasteiger partial charge in [0.25, 0.3) is 0 Å². The number of hydrogen-bond donors (Lipinski definition) is 4. The van der Waals surface area contributed by atoms with Crippen LogP contribution in [-0.2, 0) is 31.0 Å². The lowest BCUT2D eigenvalue weighted by Crippen LogP contribution is -2.72. The maximum atomic E-state index is 13.7. The molecule has 1 amide bonds. The first kappa shape index (κ1) is 27.1. The van der Waals surface area contributed by atoms with Gasteiger partial charge in [-0.05, 0) is 29.7 Å². The largest absolute Gasteiger partial charge is 0.507 e. The molecule has 1 aromatic rings. The SMILES string of the molecule is CC(C)CCCC(C)(C)c1ccc2c(c1O)C(=O)C1C(=O)[C@]3(O)C(=O)C(C(N)=O)C(=O)C[C@@H]3[C@@H](O)[C@@H]1C2. The van der Waals surface area contributed by atoms with E-state index in [1.165, 1.54) is 0 Å². The van der Waals surface area contributed by atoms with E-state index in [0.717, 1.165) is 19.3 Å². The van der Waals surface area contributed by atoms with Crippen LogP contribution in [0.25, 0.3) is 0 Å². The third kappa shape index (κ3) is 4.03. The van der Waals surface area contributed by atoms with Crippen molar-refractivity contribution < 1.29 is 39.3 Å². The molecule has 3 aliphatic carbocycles. The minimum absolute atomic E-state index is 0.0362. The van der Waals surface area contributed by atoms with Crippen molar-refractivity contribution in [3.8, 4) is 5.75 Å². The molecule has 2 unspecified atom stereocenters. The van der Waals surface area contributed by atoms with Gasteiger partial charge in [-0.2, -0.15) is 0 Å². The Hall–Kier alpha value is -2.91. The molecule has 9 nitrogen and oxygen atoms in total. The number of phenols is 1. The maximum Gasteiger partial charge on any atom is 0.235 e. The quantitative estimate of drug-likeness (QED) is 0.413. The number of fused-ring (bicyclic) bond motifs is 3. The number of Topliss-reactive ketones (excluding diaryl/α,β-unsaturated/α-hetero) is 4. The standard InChI is InChI=1S/C28H35NO8/c1-12(2)6-5-9-27(3,4)15-8-7-13-10-14-19(23(33)18(13)22(15)32)24(34)28(37)16(21(14)31)11-17(30)20(25(28)35)26(29)36/h7-8,12,14,16,19-21,31-32,37H,5-6,9-11H2,1-4H3,(H2,29,36)/t14-,16-,19?,20?,21+,28+/m1/s1. The summed E-state index contributed by atoms with van der Waals surface area (Å²) >= 11 is 0. The molecule has 0 radical (unpaired) electrons. The average molecular weight is 514 g/mol. The highest BCUT2D eigenvalue weighted by Gasteiger charge is 2.69. The second kappa shape index (κ2) is 9.13. The molecule has 9 heteroatoms. The van der Waals surface area contributed by atoms with Crippen LogP contribution >= 0.6 is 0 Å². The van der Waals surface area contributed by atoms with Crippen LogP contribution in [0.1, 0.15) is 74.9 Å². The van der Waals surface area contributed by atoms with Gasteiger partial charge in [-0.3, -0.25) is 24.0 Å². The highest BCUT2D eigenvalue weighted by Crippen LogP contribution is 2.51. The van der Waals surface area contributed by atoms with Crippen LogP contribution in [0.4, 0.5) is 0 Å². The van der Waals surface area contributed by atoms with Crippen molar-refractivity contribution >= 4 is 29.0 Å². The molecule has 2 saturated carbocycles. The fourth-order valence-corrected chi connectivity index (χ4v) is 6.59. The summed E-state index contributed by atoms with van der Waals surface area (Å²) in [5.74, 6) is -11.3. The van der Waals surface area contributed by atoms with E-state index in [1.807, 2.05) is 13.8 Å². The summed E-state index contributed by atoms with van der Waals surface area (Å²) in [5.41, 5.74) is 2.77. The van der Waals surface area contributed by atoms with Gasteiger partial charge in [0.05, 0.1) is 17.6 Å². The number of hydrogen-bond acceptors (Lipinski definition) is 8. The van der Waals surface area contributed by atoms with Crippen molar-refractivity contribution in [1.29, 1.82) is 0 Å². The van der Waals surface area contributed by atoms with E-state index in [1.54, 1.807) is 12.1 Å². The minimum atomic E-state index is -2.90. The number of aromatic hydroxyl groups is 1. The van der Waals surface area contributed by atoms with Crippen LogP contribution in [0.15, 0.2) is 12.1 Å². The highest BCUT2D eigenvalue weighted by atomic mass is 16.3. The van der Waals surface area contributed by atoms with Gasteiger partial charge >= 0.3 is 0 Å².